The maximum absolute atomic E-state index is 12.8. The molecule has 1 atom stereocenters. The van der Waals surface area contributed by atoms with Gasteiger partial charge in [0.25, 0.3) is 0 Å². The number of primary amides is 1. The summed E-state index contributed by atoms with van der Waals surface area (Å²) < 4.78 is 44.0. The third kappa shape index (κ3) is 3.71. The third-order valence-corrected chi connectivity index (χ3v) is 4.56. The summed E-state index contributed by atoms with van der Waals surface area (Å²) >= 11 is 3.36. The van der Waals surface area contributed by atoms with Gasteiger partial charge in [0, 0.05) is 29.6 Å². The van der Waals surface area contributed by atoms with Crippen molar-refractivity contribution in [3.63, 3.8) is 0 Å². The van der Waals surface area contributed by atoms with Crippen molar-refractivity contribution in [1.29, 1.82) is 0 Å². The summed E-state index contributed by atoms with van der Waals surface area (Å²) in [5.41, 5.74) is 6.49. The minimum Gasteiger partial charge on any atom is -0.444 e. The molecule has 2 aromatic rings. The average Bonchev–Trinajstić information content (AvgIpc) is 2.54. The first-order valence-electron chi connectivity index (χ1n) is 7.30. The molecule has 1 aliphatic heterocycles. The molecule has 9 heteroatoms. The van der Waals surface area contributed by atoms with Gasteiger partial charge in [0.05, 0.1) is 12.1 Å². The van der Waals surface area contributed by atoms with Crippen LogP contribution in [0.4, 0.5) is 29.3 Å². The second kappa shape index (κ2) is 6.55. The van der Waals surface area contributed by atoms with Crippen LogP contribution in [0.3, 0.4) is 0 Å². The number of hydrogen-bond donors (Lipinski definition) is 1. The second-order valence-corrected chi connectivity index (χ2v) is 6.27. The fraction of sp³-hybridized carbons (Fsp3) is 0.250. The second-order valence-electron chi connectivity index (χ2n) is 5.52. The van der Waals surface area contributed by atoms with Crippen molar-refractivity contribution in [3.8, 4) is 0 Å². The van der Waals surface area contributed by atoms with E-state index in [1.54, 1.807) is 17.2 Å². The molecule has 0 bridgehead atoms. The Hall–Kier alpha value is -2.29. The van der Waals surface area contributed by atoms with E-state index in [1.165, 1.54) is 12.1 Å². The van der Waals surface area contributed by atoms with E-state index in [0.717, 1.165) is 23.4 Å². The Morgan fingerprint density at radius 1 is 1.28 bits per heavy atom. The Bertz CT molecular complexity index is 796. The zero-order valence-electron chi connectivity index (χ0n) is 12.8. The van der Waals surface area contributed by atoms with Crippen molar-refractivity contribution >= 4 is 33.4 Å². The molecule has 1 amide bonds. The van der Waals surface area contributed by atoms with Gasteiger partial charge in [-0.05, 0) is 46.3 Å². The van der Waals surface area contributed by atoms with Crippen LogP contribution in [0, 0.1) is 0 Å². The highest BCUT2D eigenvalue weighted by atomic mass is 79.9. The number of benzene rings is 1. The first-order valence-corrected chi connectivity index (χ1v) is 8.09. The number of anilines is 2. The summed E-state index contributed by atoms with van der Waals surface area (Å²) in [6.45, 7) is 0.276. The molecule has 0 radical (unpaired) electrons. The minimum absolute atomic E-state index is 0.276. The molecule has 1 unspecified atom stereocenters. The van der Waals surface area contributed by atoms with Gasteiger partial charge in [-0.25, -0.2) is 9.78 Å². The minimum atomic E-state index is -4.40. The van der Waals surface area contributed by atoms with Gasteiger partial charge in [-0.15, -0.1) is 0 Å². The molecular weight excluding hydrogens is 403 g/mol. The Balaban J connectivity index is 1.99. The lowest BCUT2D eigenvalue weighted by Crippen LogP contribution is -2.39. The first kappa shape index (κ1) is 17.5. The average molecular weight is 416 g/mol. The van der Waals surface area contributed by atoms with E-state index in [9.17, 15) is 18.0 Å². The van der Waals surface area contributed by atoms with Crippen LogP contribution in [0.1, 0.15) is 11.1 Å². The van der Waals surface area contributed by atoms with Gasteiger partial charge in [-0.2, -0.15) is 13.2 Å². The number of halogens is 4. The number of rotatable bonds is 2. The summed E-state index contributed by atoms with van der Waals surface area (Å²) in [7, 11) is 0. The predicted octanol–water partition coefficient (Wildman–Crippen LogP) is 4.02. The normalized spacial score (nSPS) is 17.1. The topological polar surface area (TPSA) is 68.5 Å². The lowest BCUT2D eigenvalue weighted by Gasteiger charge is -2.35. The number of nitrogens with two attached hydrogens (primary N) is 1. The molecule has 1 aromatic carbocycles. The van der Waals surface area contributed by atoms with Gasteiger partial charge in [0.15, 0.2) is 0 Å². The van der Waals surface area contributed by atoms with E-state index < -0.39 is 23.9 Å². The van der Waals surface area contributed by atoms with Crippen molar-refractivity contribution in [1.82, 2.24) is 4.98 Å². The summed E-state index contributed by atoms with van der Waals surface area (Å²) in [6.07, 6.45) is -3.84. The Morgan fingerprint density at radius 2 is 1.96 bits per heavy atom. The van der Waals surface area contributed by atoms with Crippen molar-refractivity contribution in [3.05, 3.63) is 52.3 Å². The molecule has 0 saturated carbocycles. The molecule has 0 aliphatic carbocycles. The molecule has 2 heterocycles. The summed E-state index contributed by atoms with van der Waals surface area (Å²) in [5, 5.41) is 0. The van der Waals surface area contributed by atoms with Gasteiger partial charge >= 0.3 is 12.3 Å². The van der Waals surface area contributed by atoms with Crippen LogP contribution in [-0.2, 0) is 17.3 Å². The molecule has 5 nitrogen and oxygen atoms in total. The van der Waals surface area contributed by atoms with E-state index in [1.807, 2.05) is 0 Å². The van der Waals surface area contributed by atoms with Crippen LogP contribution in [-0.4, -0.2) is 23.7 Å². The molecule has 25 heavy (non-hydrogen) atoms. The first-order chi connectivity index (χ1) is 11.8. The standard InChI is InChI=1S/C16H13BrF3N3O2/c17-14-12-7-11(25-15(21)24)8-23(13(12)5-6-22-14)10-3-1-9(2-4-10)16(18,19)20/h1-6,11H,7-8H2,(H2,21,24). The fourth-order valence-corrected chi connectivity index (χ4v) is 3.29. The quantitative estimate of drug-likeness (QED) is 0.752. The molecule has 1 aromatic heterocycles. The summed E-state index contributed by atoms with van der Waals surface area (Å²) in [4.78, 5) is 17.0. The van der Waals surface area contributed by atoms with E-state index >= 15 is 0 Å². The van der Waals surface area contributed by atoms with Crippen LogP contribution in [0.25, 0.3) is 0 Å². The van der Waals surface area contributed by atoms with Crippen LogP contribution in [0.2, 0.25) is 0 Å². The number of amides is 1. The van der Waals surface area contributed by atoms with Gasteiger partial charge in [0.2, 0.25) is 0 Å². The summed E-state index contributed by atoms with van der Waals surface area (Å²) in [5.74, 6) is 0. The van der Waals surface area contributed by atoms with Crippen molar-refractivity contribution < 1.29 is 22.7 Å². The molecule has 0 spiro atoms. The third-order valence-electron chi connectivity index (χ3n) is 3.88. The number of fused-ring (bicyclic) bond motifs is 1. The zero-order chi connectivity index (χ0) is 18.2. The van der Waals surface area contributed by atoms with Gasteiger partial charge < -0.3 is 15.4 Å². The SMILES string of the molecule is NC(=O)OC1Cc2c(ccnc2Br)N(c2ccc(C(F)(F)F)cc2)C1. The van der Waals surface area contributed by atoms with Crippen molar-refractivity contribution in [2.45, 2.75) is 18.7 Å². The largest absolute Gasteiger partial charge is 0.444 e. The highest BCUT2D eigenvalue weighted by Gasteiger charge is 2.32. The maximum atomic E-state index is 12.8. The molecule has 0 saturated heterocycles. The number of pyridine rings is 1. The highest BCUT2D eigenvalue weighted by Crippen LogP contribution is 2.38. The van der Waals surface area contributed by atoms with E-state index in [-0.39, 0.29) is 6.54 Å². The molecule has 0 fully saturated rings. The fourth-order valence-electron chi connectivity index (χ4n) is 2.81. The maximum Gasteiger partial charge on any atom is 0.416 e. The molecule has 2 N–H and O–H groups in total. The van der Waals surface area contributed by atoms with Gasteiger partial charge in [-0.1, -0.05) is 0 Å². The number of carbonyl (C=O) groups is 1. The Labute approximate surface area is 149 Å². The smallest absolute Gasteiger partial charge is 0.416 e. The highest BCUT2D eigenvalue weighted by molar-refractivity contribution is 9.10. The molecule has 1 aliphatic rings. The van der Waals surface area contributed by atoms with Crippen LogP contribution >= 0.6 is 15.9 Å². The number of alkyl halides is 3. The predicted molar refractivity (Wildman–Crippen MR) is 88.5 cm³/mol. The van der Waals surface area contributed by atoms with Gasteiger partial charge in [0.1, 0.15) is 10.7 Å². The molecular formula is C16H13BrF3N3O2. The summed E-state index contributed by atoms with van der Waals surface area (Å²) in [6, 6.07) is 6.56. The molecule has 132 valence electrons. The number of carbonyl (C=O) groups excluding carboxylic acids is 1. The van der Waals surface area contributed by atoms with Crippen molar-refractivity contribution in [2.75, 3.05) is 11.4 Å². The van der Waals surface area contributed by atoms with E-state index in [2.05, 4.69) is 20.9 Å². The van der Waals surface area contributed by atoms with Crippen molar-refractivity contribution in [2.24, 2.45) is 5.73 Å². The zero-order valence-corrected chi connectivity index (χ0v) is 14.3. The number of hydrogen-bond acceptors (Lipinski definition) is 4. The Morgan fingerprint density at radius 3 is 2.56 bits per heavy atom. The number of aromatic nitrogens is 1. The number of ether oxygens (including phenoxy) is 1. The monoisotopic (exact) mass is 415 g/mol. The van der Waals surface area contributed by atoms with Gasteiger partial charge in [-0.3, -0.25) is 0 Å². The van der Waals surface area contributed by atoms with E-state index in [4.69, 9.17) is 10.5 Å². The lowest BCUT2D eigenvalue weighted by molar-refractivity contribution is -0.137. The van der Waals surface area contributed by atoms with E-state index in [0.29, 0.717) is 16.7 Å². The molecule has 3 rings (SSSR count). The Kier molecular flexibility index (Phi) is 4.59. The number of nitrogens with zero attached hydrogens (tertiary/aromatic N) is 2. The lowest BCUT2D eigenvalue weighted by atomic mass is 10.0. The van der Waals surface area contributed by atoms with Crippen LogP contribution < -0.4 is 10.6 Å². The van der Waals surface area contributed by atoms with Crippen LogP contribution in [0.15, 0.2) is 41.1 Å². The van der Waals surface area contributed by atoms with Crippen LogP contribution in [0.5, 0.6) is 0 Å².